The number of amides is 4. The Labute approximate surface area is 270 Å². The number of nitrogens with zero attached hydrogens (tertiary/aromatic N) is 3. The molecule has 1 aromatic heterocycles. The summed E-state index contributed by atoms with van der Waals surface area (Å²) in [5.41, 5.74) is 4.73. The second kappa shape index (κ2) is 13.1. The van der Waals surface area contributed by atoms with Gasteiger partial charge >= 0.3 is 12.0 Å². The van der Waals surface area contributed by atoms with E-state index in [4.69, 9.17) is 4.74 Å². The van der Waals surface area contributed by atoms with Gasteiger partial charge in [0.05, 0.1) is 30.0 Å². The number of carbonyl (C=O) groups is 4. The zero-order chi connectivity index (χ0) is 32.4. The Morgan fingerprint density at radius 1 is 1.00 bits per heavy atom. The number of carboxylic acids is 1. The minimum absolute atomic E-state index is 0.103. The Bertz CT molecular complexity index is 1770. The van der Waals surface area contributed by atoms with Crippen LogP contribution in [-0.4, -0.2) is 67.6 Å². The minimum Gasteiger partial charge on any atom is -0.495 e. The molecule has 1 fully saturated rings. The number of nitrogens with one attached hydrogen (secondary N) is 1. The smallest absolute Gasteiger partial charge is 0.326 e. The Morgan fingerprint density at radius 2 is 1.78 bits per heavy atom. The van der Waals surface area contributed by atoms with Crippen LogP contribution in [0.1, 0.15) is 32.3 Å². The molecule has 0 radical (unpaired) electrons. The highest BCUT2D eigenvalue weighted by Crippen LogP contribution is 2.35. The molecule has 11 heteroatoms. The molecule has 0 saturated carbocycles. The van der Waals surface area contributed by atoms with Crippen LogP contribution in [0.4, 0.5) is 21.9 Å². The lowest BCUT2D eigenvalue weighted by atomic mass is 9.89. The summed E-state index contributed by atoms with van der Waals surface area (Å²) >= 11 is 1.34. The molecule has 0 bridgehead atoms. The van der Waals surface area contributed by atoms with Crippen molar-refractivity contribution in [2.24, 2.45) is 5.92 Å². The molecule has 2 aliphatic rings. The summed E-state index contributed by atoms with van der Waals surface area (Å²) < 4.78 is 5.55. The summed E-state index contributed by atoms with van der Waals surface area (Å²) in [6.07, 6.45) is 0.906. The van der Waals surface area contributed by atoms with E-state index in [1.54, 1.807) is 64.2 Å². The number of benzene rings is 3. The fraction of sp³-hybridized carbons (Fsp3) is 0.257. The summed E-state index contributed by atoms with van der Waals surface area (Å²) in [4.78, 5) is 56.8. The highest BCUT2D eigenvalue weighted by molar-refractivity contribution is 7.12. The molecule has 4 aromatic rings. The first-order valence-corrected chi connectivity index (χ1v) is 15.9. The molecule has 1 saturated heterocycles. The van der Waals surface area contributed by atoms with E-state index < -0.39 is 11.9 Å². The highest BCUT2D eigenvalue weighted by Gasteiger charge is 2.41. The molecule has 46 heavy (non-hydrogen) atoms. The molecule has 6 rings (SSSR count). The first kappa shape index (κ1) is 30.8. The maximum Gasteiger partial charge on any atom is 0.326 e. The number of para-hydroxylation sites is 1. The van der Waals surface area contributed by atoms with Crippen molar-refractivity contribution < 1.29 is 29.0 Å². The second-order valence-electron chi connectivity index (χ2n) is 11.5. The van der Waals surface area contributed by atoms with Crippen LogP contribution in [0.15, 0.2) is 84.2 Å². The molecule has 2 unspecified atom stereocenters. The first-order valence-electron chi connectivity index (χ1n) is 15.0. The predicted molar refractivity (Wildman–Crippen MR) is 177 cm³/mol. The molecule has 2 N–H and O–H groups in total. The number of carboxylic acid groups (broad SMARTS) is 1. The van der Waals surface area contributed by atoms with Crippen molar-refractivity contribution in [2.45, 2.75) is 18.8 Å². The van der Waals surface area contributed by atoms with Crippen LogP contribution in [0, 0.1) is 5.92 Å². The van der Waals surface area contributed by atoms with Gasteiger partial charge in [0.25, 0.3) is 5.91 Å². The van der Waals surface area contributed by atoms with Crippen LogP contribution in [0.3, 0.4) is 0 Å². The quantitative estimate of drug-likeness (QED) is 0.263. The number of rotatable bonds is 8. The van der Waals surface area contributed by atoms with Gasteiger partial charge in [-0.3, -0.25) is 19.3 Å². The van der Waals surface area contributed by atoms with Crippen LogP contribution in [-0.2, 0) is 22.4 Å². The lowest BCUT2D eigenvalue weighted by molar-refractivity contribution is -0.141. The van der Waals surface area contributed by atoms with Gasteiger partial charge in [-0.1, -0.05) is 42.5 Å². The molecule has 10 nitrogen and oxygen atoms in total. The Balaban J connectivity index is 1.09. The van der Waals surface area contributed by atoms with Gasteiger partial charge in [-0.2, -0.15) is 0 Å². The van der Waals surface area contributed by atoms with Gasteiger partial charge in [-0.05, 0) is 64.9 Å². The van der Waals surface area contributed by atoms with Crippen LogP contribution in [0.5, 0.6) is 5.75 Å². The second-order valence-corrected chi connectivity index (χ2v) is 12.4. The fourth-order valence-corrected chi connectivity index (χ4v) is 6.87. The van der Waals surface area contributed by atoms with Gasteiger partial charge in [0.15, 0.2) is 0 Å². The number of aliphatic carboxylic acids is 1. The summed E-state index contributed by atoms with van der Waals surface area (Å²) in [7, 11) is 3.21. The summed E-state index contributed by atoms with van der Waals surface area (Å²) in [6, 6.07) is 23.7. The standard InChI is InChI=1S/C35H34N4O6S/c1-37(25-12-10-23(11-13-25)26-20-38(21-27(26)34(42)43)33(41)31-8-5-17-46-31)32(40)19-22-9-14-28(30(18-22)45-2)36-35(44)39-16-15-24-6-3-4-7-29(24)39/h3-14,17-18,26-27H,15-16,19-21H2,1-2H3,(H,36,44)(H,42,43). The van der Waals surface area contributed by atoms with E-state index in [1.165, 1.54) is 18.4 Å². The molecular formula is C35H34N4O6S. The summed E-state index contributed by atoms with van der Waals surface area (Å²) in [5, 5.41) is 14.7. The van der Waals surface area contributed by atoms with Crippen molar-refractivity contribution in [3.8, 4) is 5.75 Å². The number of anilines is 3. The van der Waals surface area contributed by atoms with Gasteiger partial charge < -0.3 is 25.0 Å². The van der Waals surface area contributed by atoms with Gasteiger partial charge in [-0.15, -0.1) is 11.3 Å². The third-order valence-corrected chi connectivity index (χ3v) is 9.59. The van der Waals surface area contributed by atoms with Crippen molar-refractivity contribution in [1.82, 2.24) is 4.90 Å². The fourth-order valence-electron chi connectivity index (χ4n) is 6.18. The van der Waals surface area contributed by atoms with E-state index in [-0.39, 0.29) is 36.7 Å². The third kappa shape index (κ3) is 6.18. The monoisotopic (exact) mass is 638 g/mol. The number of hydrogen-bond donors (Lipinski definition) is 2. The van der Waals surface area contributed by atoms with E-state index in [0.717, 1.165) is 28.8 Å². The van der Waals surface area contributed by atoms with Crippen molar-refractivity contribution in [1.29, 1.82) is 0 Å². The number of likely N-dealkylation sites (N-methyl/N-ethyl adjacent to an activating group) is 1. The van der Waals surface area contributed by atoms with Crippen LogP contribution in [0.2, 0.25) is 0 Å². The van der Waals surface area contributed by atoms with E-state index in [9.17, 15) is 24.3 Å². The number of hydrogen-bond acceptors (Lipinski definition) is 6. The van der Waals surface area contributed by atoms with Gasteiger partial charge in [-0.25, -0.2) is 4.79 Å². The average Bonchev–Trinajstić information content (AvgIpc) is 3.85. The molecule has 2 atom stereocenters. The minimum atomic E-state index is -0.940. The van der Waals surface area contributed by atoms with E-state index in [0.29, 0.717) is 35.1 Å². The topological polar surface area (TPSA) is 119 Å². The predicted octanol–water partition coefficient (Wildman–Crippen LogP) is 5.50. The van der Waals surface area contributed by atoms with Crippen LogP contribution < -0.4 is 19.9 Å². The number of thiophene rings is 1. The van der Waals surface area contributed by atoms with Gasteiger partial charge in [0, 0.05) is 44.0 Å². The Morgan fingerprint density at radius 3 is 2.50 bits per heavy atom. The Kier molecular flexibility index (Phi) is 8.76. The zero-order valence-corrected chi connectivity index (χ0v) is 26.3. The maximum atomic E-state index is 13.3. The molecule has 0 aliphatic carbocycles. The van der Waals surface area contributed by atoms with E-state index >= 15 is 0 Å². The van der Waals surface area contributed by atoms with Crippen molar-refractivity contribution >= 4 is 52.2 Å². The van der Waals surface area contributed by atoms with E-state index in [1.807, 2.05) is 41.8 Å². The van der Waals surface area contributed by atoms with Crippen molar-refractivity contribution in [2.75, 3.05) is 48.9 Å². The summed E-state index contributed by atoms with van der Waals surface area (Å²) in [5.74, 6) is -1.88. The van der Waals surface area contributed by atoms with E-state index in [2.05, 4.69) is 5.32 Å². The number of fused-ring (bicyclic) bond motifs is 1. The molecule has 2 aliphatic heterocycles. The average molecular weight is 639 g/mol. The van der Waals surface area contributed by atoms with Crippen molar-refractivity contribution in [3.63, 3.8) is 0 Å². The lowest BCUT2D eigenvalue weighted by Gasteiger charge is -2.21. The first-order chi connectivity index (χ1) is 22.2. The normalized spacial score (nSPS) is 17.0. The number of carbonyl (C=O) groups excluding carboxylic acids is 3. The highest BCUT2D eigenvalue weighted by atomic mass is 32.1. The van der Waals surface area contributed by atoms with Crippen LogP contribution >= 0.6 is 11.3 Å². The Hall–Kier alpha value is -5.16. The number of urea groups is 1. The molecular weight excluding hydrogens is 604 g/mol. The molecule has 0 spiro atoms. The molecule has 236 valence electrons. The number of ether oxygens (including phenoxy) is 1. The maximum absolute atomic E-state index is 13.3. The van der Waals surface area contributed by atoms with Gasteiger partial charge in [0.1, 0.15) is 5.75 Å². The zero-order valence-electron chi connectivity index (χ0n) is 25.5. The third-order valence-electron chi connectivity index (χ3n) is 8.73. The lowest BCUT2D eigenvalue weighted by Crippen LogP contribution is -2.33. The molecule has 4 amide bonds. The number of likely N-dealkylation sites (tertiary alicyclic amines) is 1. The van der Waals surface area contributed by atoms with Crippen molar-refractivity contribution in [3.05, 3.63) is 106 Å². The SMILES string of the molecule is COc1cc(CC(=O)N(C)c2ccc(C3CN(C(=O)c4cccs4)CC3C(=O)O)cc2)ccc1NC(=O)N1CCc2ccccc21. The number of methoxy groups -OCH3 is 1. The molecule has 3 heterocycles. The largest absolute Gasteiger partial charge is 0.495 e. The van der Waals surface area contributed by atoms with Gasteiger partial charge in [0.2, 0.25) is 5.91 Å². The molecule has 3 aromatic carbocycles. The summed E-state index contributed by atoms with van der Waals surface area (Å²) in [6.45, 7) is 1.06. The van der Waals surface area contributed by atoms with Crippen LogP contribution in [0.25, 0.3) is 0 Å².